The number of pyridine rings is 1. The average molecular weight is 515 g/mol. The molecule has 1 N–H and O–H groups in total. The van der Waals surface area contributed by atoms with Gasteiger partial charge in [0.05, 0.1) is 5.71 Å². The second kappa shape index (κ2) is 10.3. The van der Waals surface area contributed by atoms with Crippen LogP contribution in [0, 0.1) is 11.8 Å². The summed E-state index contributed by atoms with van der Waals surface area (Å²) in [6.07, 6.45) is 0.895. The highest BCUT2D eigenvalue weighted by atomic mass is 19.4. The molecule has 1 amide bonds. The highest BCUT2D eigenvalue weighted by Gasteiger charge is 2.44. The summed E-state index contributed by atoms with van der Waals surface area (Å²) in [5, 5.41) is 7.31. The number of rotatable bonds is 5. The van der Waals surface area contributed by atoms with Crippen LogP contribution in [-0.4, -0.2) is 35.3 Å². The third kappa shape index (κ3) is 5.75. The van der Waals surface area contributed by atoms with Gasteiger partial charge in [0.1, 0.15) is 17.1 Å². The smallest absolute Gasteiger partial charge is 0.389 e. The van der Waals surface area contributed by atoms with Gasteiger partial charge in [-0.1, -0.05) is 48.5 Å². The molecule has 2 aliphatic heterocycles. The van der Waals surface area contributed by atoms with Gasteiger partial charge in [-0.3, -0.25) is 4.79 Å². The van der Waals surface area contributed by atoms with Gasteiger partial charge in [0, 0.05) is 37.5 Å². The maximum atomic E-state index is 13.4. The van der Waals surface area contributed by atoms with E-state index in [0.29, 0.717) is 43.2 Å². The predicted octanol–water partition coefficient (Wildman–Crippen LogP) is 5.71. The van der Waals surface area contributed by atoms with Crippen molar-refractivity contribution in [1.82, 2.24) is 10.3 Å². The van der Waals surface area contributed by atoms with Crippen LogP contribution in [0.4, 0.5) is 19.0 Å². The Balaban J connectivity index is 1.19. The molecule has 37 heavy (non-hydrogen) atoms. The Morgan fingerprint density at radius 1 is 1.08 bits per heavy atom. The molecule has 3 aliphatic rings. The summed E-state index contributed by atoms with van der Waals surface area (Å²) in [6.45, 7) is 3.63. The lowest BCUT2D eigenvalue weighted by atomic mass is 9.76. The lowest BCUT2D eigenvalue weighted by Gasteiger charge is -2.34. The summed E-state index contributed by atoms with van der Waals surface area (Å²) in [5.41, 5.74) is 1.37. The minimum atomic E-state index is -4.51. The molecular formula is C28H33F3N4O2. The van der Waals surface area contributed by atoms with Crippen molar-refractivity contribution in [3.63, 3.8) is 0 Å². The molecule has 0 radical (unpaired) electrons. The van der Waals surface area contributed by atoms with E-state index in [1.807, 2.05) is 35.2 Å². The highest BCUT2D eigenvalue weighted by molar-refractivity contribution is 6.01. The molecule has 2 aromatic rings. The van der Waals surface area contributed by atoms with Crippen molar-refractivity contribution < 1.29 is 22.8 Å². The molecule has 1 aromatic heterocycles. The monoisotopic (exact) mass is 514 g/mol. The number of halogens is 3. The fourth-order valence-corrected chi connectivity index (χ4v) is 5.58. The first-order chi connectivity index (χ1) is 17.7. The number of benzene rings is 1. The fraction of sp³-hybridized carbons (Fsp3) is 0.536. The zero-order chi connectivity index (χ0) is 26.0. The third-order valence-electron chi connectivity index (χ3n) is 8.00. The van der Waals surface area contributed by atoms with Gasteiger partial charge in [0.2, 0.25) is 5.91 Å². The first-order valence-corrected chi connectivity index (χ1v) is 13.1. The molecule has 198 valence electrons. The predicted molar refractivity (Wildman–Crippen MR) is 135 cm³/mol. The van der Waals surface area contributed by atoms with Gasteiger partial charge in [0.25, 0.3) is 0 Å². The number of alkyl halides is 3. The minimum absolute atomic E-state index is 0.0739. The van der Waals surface area contributed by atoms with Crippen LogP contribution in [0.5, 0.6) is 0 Å². The fourth-order valence-electron chi connectivity index (χ4n) is 5.58. The Morgan fingerprint density at radius 2 is 1.78 bits per heavy atom. The lowest BCUT2D eigenvalue weighted by molar-refractivity contribution is -0.141. The van der Waals surface area contributed by atoms with Crippen molar-refractivity contribution in [2.45, 2.75) is 70.2 Å². The van der Waals surface area contributed by atoms with Gasteiger partial charge in [-0.05, 0) is 56.1 Å². The molecule has 1 spiro atoms. The topological polar surface area (TPSA) is 66.8 Å². The first-order valence-electron chi connectivity index (χ1n) is 13.1. The number of aromatic nitrogens is 1. The van der Waals surface area contributed by atoms with E-state index in [-0.39, 0.29) is 24.0 Å². The Hall–Kier alpha value is -3.10. The number of nitrogens with zero attached hydrogens (tertiary/aromatic N) is 3. The number of hydrogen-bond donors (Lipinski definition) is 1. The van der Waals surface area contributed by atoms with E-state index in [9.17, 15) is 18.0 Å². The molecular weight excluding hydrogens is 481 g/mol. The summed E-state index contributed by atoms with van der Waals surface area (Å²) in [6, 6.07) is 12.4. The summed E-state index contributed by atoms with van der Waals surface area (Å²) in [5.74, 6) is 0.638. The van der Waals surface area contributed by atoms with Crippen molar-refractivity contribution in [3.8, 4) is 0 Å². The Labute approximate surface area is 215 Å². The maximum absolute atomic E-state index is 13.4. The first kappa shape index (κ1) is 25.5. The number of oxime groups is 1. The van der Waals surface area contributed by atoms with E-state index in [4.69, 9.17) is 4.84 Å². The van der Waals surface area contributed by atoms with Crippen molar-refractivity contribution >= 4 is 17.4 Å². The summed E-state index contributed by atoms with van der Waals surface area (Å²) in [4.78, 5) is 24.8. The Bertz CT molecular complexity index is 1140. The van der Waals surface area contributed by atoms with Crippen LogP contribution in [0.3, 0.4) is 0 Å². The molecule has 6 nitrogen and oxygen atoms in total. The number of nitrogens with one attached hydrogen (secondary N) is 1. The third-order valence-corrected chi connectivity index (χ3v) is 8.00. The van der Waals surface area contributed by atoms with Crippen LogP contribution in [-0.2, 0) is 22.4 Å². The molecule has 9 heteroatoms. The number of carbonyl (C=O) groups excluding carboxylic acids is 1. The molecule has 5 rings (SSSR count). The van der Waals surface area contributed by atoms with Gasteiger partial charge in [0.15, 0.2) is 0 Å². The van der Waals surface area contributed by atoms with Crippen LogP contribution in [0.1, 0.15) is 68.7 Å². The van der Waals surface area contributed by atoms with Gasteiger partial charge in [-0.2, -0.15) is 13.2 Å². The van der Waals surface area contributed by atoms with Crippen molar-refractivity contribution in [2.24, 2.45) is 17.0 Å². The van der Waals surface area contributed by atoms with E-state index in [1.165, 1.54) is 6.07 Å². The van der Waals surface area contributed by atoms with E-state index < -0.39 is 11.9 Å². The number of piperidine rings is 1. The van der Waals surface area contributed by atoms with E-state index >= 15 is 0 Å². The van der Waals surface area contributed by atoms with E-state index in [2.05, 4.69) is 22.4 Å². The largest absolute Gasteiger partial charge is 0.433 e. The number of anilines is 1. The second-order valence-electron chi connectivity index (χ2n) is 10.7. The van der Waals surface area contributed by atoms with Crippen molar-refractivity contribution in [2.75, 3.05) is 18.0 Å². The van der Waals surface area contributed by atoms with Gasteiger partial charge >= 0.3 is 6.18 Å². The zero-order valence-electron chi connectivity index (χ0n) is 21.1. The summed E-state index contributed by atoms with van der Waals surface area (Å²) >= 11 is 0. The summed E-state index contributed by atoms with van der Waals surface area (Å²) in [7, 11) is 0. The number of hydrogen-bond acceptors (Lipinski definition) is 5. The molecule has 0 unspecified atom stereocenters. The number of amides is 1. The second-order valence-corrected chi connectivity index (χ2v) is 10.7. The SMILES string of the molecule is CC1CCN(c2nc(C(F)(F)F)ccc2CNC(=O)C2CCC3(CC2)CC(c2ccccc2)=NO3)CC1. The van der Waals surface area contributed by atoms with Gasteiger partial charge < -0.3 is 15.1 Å². The van der Waals surface area contributed by atoms with E-state index in [1.54, 1.807) is 0 Å². The van der Waals surface area contributed by atoms with Crippen molar-refractivity contribution in [1.29, 1.82) is 0 Å². The van der Waals surface area contributed by atoms with Crippen molar-refractivity contribution in [3.05, 3.63) is 59.3 Å². The molecule has 0 atom stereocenters. The van der Waals surface area contributed by atoms with Crippen LogP contribution in [0.2, 0.25) is 0 Å². The highest BCUT2D eigenvalue weighted by Crippen LogP contribution is 2.41. The molecule has 1 saturated carbocycles. The van der Waals surface area contributed by atoms with Gasteiger partial charge in [-0.25, -0.2) is 4.98 Å². The molecule has 1 aromatic carbocycles. The summed E-state index contributed by atoms with van der Waals surface area (Å²) < 4.78 is 40.1. The number of carbonyl (C=O) groups is 1. The quantitative estimate of drug-likeness (QED) is 0.555. The molecule has 2 fully saturated rings. The van der Waals surface area contributed by atoms with E-state index in [0.717, 1.165) is 49.4 Å². The maximum Gasteiger partial charge on any atom is 0.433 e. The standard InChI is InChI=1S/C28H33F3N4O2/c1-19-11-15-35(16-12-19)25-22(7-8-24(33-25)28(29,30)31)18-32-26(36)21-9-13-27(14-10-21)17-23(34-37-27)20-5-3-2-4-6-20/h2-8,19,21H,9-18H2,1H3,(H,32,36). The molecule has 1 saturated heterocycles. The average Bonchev–Trinajstić information content (AvgIpc) is 3.31. The van der Waals surface area contributed by atoms with Crippen LogP contribution < -0.4 is 10.2 Å². The van der Waals surface area contributed by atoms with Gasteiger partial charge in [-0.15, -0.1) is 0 Å². The normalized spacial score (nSPS) is 24.6. The molecule has 1 aliphatic carbocycles. The molecule has 3 heterocycles. The minimum Gasteiger partial charge on any atom is -0.389 e. The Kier molecular flexibility index (Phi) is 7.14. The molecule has 0 bridgehead atoms. The van der Waals surface area contributed by atoms with Crippen LogP contribution in [0.15, 0.2) is 47.6 Å². The van der Waals surface area contributed by atoms with Crippen LogP contribution in [0.25, 0.3) is 0 Å². The Morgan fingerprint density at radius 3 is 2.46 bits per heavy atom. The lowest BCUT2D eigenvalue weighted by Crippen LogP contribution is -2.40. The zero-order valence-corrected chi connectivity index (χ0v) is 21.1. The van der Waals surface area contributed by atoms with Crippen LogP contribution >= 0.6 is 0 Å².